The monoisotopic (exact) mass is 494 g/mol. The fourth-order valence-electron chi connectivity index (χ4n) is 4.50. The van der Waals surface area contributed by atoms with Crippen molar-refractivity contribution < 1.29 is 4.79 Å². The van der Waals surface area contributed by atoms with Crippen LogP contribution < -0.4 is 4.90 Å². The molecule has 1 aliphatic rings. The van der Waals surface area contributed by atoms with Crippen LogP contribution in [0.4, 0.5) is 5.82 Å². The quantitative estimate of drug-likeness (QED) is 0.381. The predicted octanol–water partition coefficient (Wildman–Crippen LogP) is 5.37. The number of anilines is 1. The molecule has 0 N–H and O–H groups in total. The molecule has 176 valence electrons. The molecule has 0 aliphatic carbocycles. The van der Waals surface area contributed by atoms with Crippen molar-refractivity contribution in [2.75, 3.05) is 31.1 Å². The lowest BCUT2D eigenvalue weighted by Crippen LogP contribution is -2.49. The second-order valence-electron chi connectivity index (χ2n) is 8.89. The molecular weight excluding hydrogens is 468 g/mol. The first kappa shape index (κ1) is 22.8. The minimum absolute atomic E-state index is 0.00771. The third-order valence-corrected chi connectivity index (χ3v) is 7.47. The Morgan fingerprint density at radius 3 is 2.56 bits per heavy atom. The third kappa shape index (κ3) is 4.05. The van der Waals surface area contributed by atoms with Gasteiger partial charge in [-0.15, -0.1) is 11.3 Å². The van der Waals surface area contributed by atoms with Crippen molar-refractivity contribution in [1.29, 1.82) is 0 Å². The van der Waals surface area contributed by atoms with Gasteiger partial charge in [-0.25, -0.2) is 14.6 Å². The molecule has 1 fully saturated rings. The molecule has 1 amide bonds. The average Bonchev–Trinajstić information content (AvgIpc) is 3.41. The number of halogens is 1. The molecule has 4 aromatic rings. The molecule has 4 aromatic heterocycles. The summed E-state index contributed by atoms with van der Waals surface area (Å²) in [5.74, 6) is 0.777. The van der Waals surface area contributed by atoms with Gasteiger partial charge in [0.05, 0.1) is 27.9 Å². The van der Waals surface area contributed by atoms with E-state index in [0.29, 0.717) is 36.8 Å². The second kappa shape index (κ2) is 9.00. The van der Waals surface area contributed by atoms with E-state index in [1.165, 1.54) is 9.75 Å². The summed E-state index contributed by atoms with van der Waals surface area (Å²) in [6, 6.07) is 7.89. The van der Waals surface area contributed by atoms with Crippen LogP contribution in [0.2, 0.25) is 5.02 Å². The van der Waals surface area contributed by atoms with Crippen molar-refractivity contribution in [2.24, 2.45) is 0 Å². The predicted molar refractivity (Wildman–Crippen MR) is 138 cm³/mol. The number of carbonyl (C=O) groups is 1. The van der Waals surface area contributed by atoms with Crippen LogP contribution in [0.3, 0.4) is 0 Å². The molecule has 0 spiro atoms. The van der Waals surface area contributed by atoms with Crippen LogP contribution in [0.5, 0.6) is 0 Å². The van der Waals surface area contributed by atoms with Crippen molar-refractivity contribution >= 4 is 45.7 Å². The van der Waals surface area contributed by atoms with Crippen LogP contribution in [0.1, 0.15) is 40.0 Å². The molecule has 0 saturated carbocycles. The normalized spacial score (nSPS) is 14.4. The molecule has 0 unspecified atom stereocenters. The lowest BCUT2D eigenvalue weighted by Gasteiger charge is -2.35. The maximum Gasteiger partial charge on any atom is 0.254 e. The Kier molecular flexibility index (Phi) is 6.04. The molecule has 5 rings (SSSR count). The number of pyridine rings is 2. The zero-order chi connectivity index (χ0) is 24.0. The number of thiophene rings is 1. The Labute approximate surface area is 208 Å². The maximum absolute atomic E-state index is 13.8. The lowest BCUT2D eigenvalue weighted by atomic mass is 10.1. The van der Waals surface area contributed by atoms with Gasteiger partial charge in [0, 0.05) is 53.7 Å². The highest BCUT2D eigenvalue weighted by Crippen LogP contribution is 2.33. The molecule has 34 heavy (non-hydrogen) atoms. The van der Waals surface area contributed by atoms with Crippen molar-refractivity contribution in [2.45, 2.75) is 33.7 Å². The first-order valence-electron chi connectivity index (χ1n) is 11.4. The van der Waals surface area contributed by atoms with Crippen LogP contribution in [0.25, 0.3) is 22.3 Å². The zero-order valence-corrected chi connectivity index (χ0v) is 21.3. The SMILES string of the molecule is Cc1cc(-c2cc(C(=O)N3CCN(c4ncccc4Cl)CC3)c3cnn(C(C)C)c3n2)c(C)s1. The Hall–Kier alpha value is -2.97. The summed E-state index contributed by atoms with van der Waals surface area (Å²) >= 11 is 8.08. The van der Waals surface area contributed by atoms with Crippen molar-refractivity contribution in [3.8, 4) is 11.3 Å². The van der Waals surface area contributed by atoms with Crippen LogP contribution in [0.15, 0.2) is 36.7 Å². The van der Waals surface area contributed by atoms with E-state index >= 15 is 0 Å². The van der Waals surface area contributed by atoms with E-state index in [1.807, 2.05) is 27.8 Å². The number of aryl methyl sites for hydroxylation is 2. The second-order valence-corrected chi connectivity index (χ2v) is 10.8. The smallest absolute Gasteiger partial charge is 0.254 e. The topological polar surface area (TPSA) is 67.2 Å². The number of piperazine rings is 1. The van der Waals surface area contributed by atoms with Crippen molar-refractivity contribution in [3.05, 3.63) is 57.0 Å². The highest BCUT2D eigenvalue weighted by molar-refractivity contribution is 7.12. The number of carbonyl (C=O) groups excluding carboxylic acids is 1. The number of rotatable bonds is 4. The van der Waals surface area contributed by atoms with E-state index in [4.69, 9.17) is 16.6 Å². The highest BCUT2D eigenvalue weighted by atomic mass is 35.5. The minimum Gasteiger partial charge on any atom is -0.352 e. The summed E-state index contributed by atoms with van der Waals surface area (Å²) in [6.45, 7) is 10.9. The first-order chi connectivity index (χ1) is 16.3. The van der Waals surface area contributed by atoms with Gasteiger partial charge in [-0.1, -0.05) is 11.6 Å². The Balaban J connectivity index is 1.50. The zero-order valence-electron chi connectivity index (χ0n) is 19.7. The number of hydrogen-bond acceptors (Lipinski definition) is 6. The average molecular weight is 495 g/mol. The molecule has 0 bridgehead atoms. The van der Waals surface area contributed by atoms with Gasteiger partial charge in [-0.05, 0) is 52.0 Å². The van der Waals surface area contributed by atoms with E-state index in [-0.39, 0.29) is 11.9 Å². The van der Waals surface area contributed by atoms with Crippen molar-refractivity contribution in [3.63, 3.8) is 0 Å². The first-order valence-corrected chi connectivity index (χ1v) is 12.6. The van der Waals surface area contributed by atoms with Crippen LogP contribution in [-0.4, -0.2) is 56.7 Å². The van der Waals surface area contributed by atoms with Gasteiger partial charge in [0.15, 0.2) is 5.65 Å². The molecule has 1 aliphatic heterocycles. The van der Waals surface area contributed by atoms with E-state index in [0.717, 1.165) is 28.1 Å². The minimum atomic E-state index is 0.00771. The van der Waals surface area contributed by atoms with Gasteiger partial charge in [0.1, 0.15) is 5.82 Å². The van der Waals surface area contributed by atoms with Crippen LogP contribution in [-0.2, 0) is 0 Å². The third-order valence-electron chi connectivity index (χ3n) is 6.21. The van der Waals surface area contributed by atoms with Crippen LogP contribution >= 0.6 is 22.9 Å². The van der Waals surface area contributed by atoms with Crippen molar-refractivity contribution in [1.82, 2.24) is 24.6 Å². The summed E-state index contributed by atoms with van der Waals surface area (Å²) in [6.07, 6.45) is 3.52. The van der Waals surface area contributed by atoms with Gasteiger partial charge >= 0.3 is 0 Å². The Bertz CT molecular complexity index is 1370. The summed E-state index contributed by atoms with van der Waals surface area (Å²) in [5.41, 5.74) is 3.29. The highest BCUT2D eigenvalue weighted by Gasteiger charge is 2.27. The van der Waals surface area contributed by atoms with E-state index in [9.17, 15) is 4.79 Å². The summed E-state index contributed by atoms with van der Waals surface area (Å²) in [7, 11) is 0. The number of fused-ring (bicyclic) bond motifs is 1. The summed E-state index contributed by atoms with van der Waals surface area (Å²) < 4.78 is 1.89. The molecular formula is C25H27ClN6OS. The summed E-state index contributed by atoms with van der Waals surface area (Å²) in [5, 5.41) is 5.99. The fraction of sp³-hybridized carbons (Fsp3) is 0.360. The van der Waals surface area contributed by atoms with Gasteiger partial charge in [0.2, 0.25) is 0 Å². The van der Waals surface area contributed by atoms with Gasteiger partial charge in [-0.2, -0.15) is 5.10 Å². The van der Waals surface area contributed by atoms with E-state index < -0.39 is 0 Å². The Morgan fingerprint density at radius 1 is 1.15 bits per heavy atom. The fourth-order valence-corrected chi connectivity index (χ4v) is 5.67. The standard InChI is InChI=1S/C25H27ClN6OS/c1-15(2)32-23-20(14-28-32)19(13-22(29-23)18-12-16(3)34-17(18)4)25(33)31-10-8-30(9-11-31)24-21(26)6-5-7-27-24/h5-7,12-15H,8-11H2,1-4H3. The molecule has 0 atom stereocenters. The number of nitrogens with zero attached hydrogens (tertiary/aromatic N) is 6. The van der Waals surface area contributed by atoms with Gasteiger partial charge < -0.3 is 9.80 Å². The molecule has 0 radical (unpaired) electrons. The van der Waals surface area contributed by atoms with E-state index in [2.05, 4.69) is 48.7 Å². The Morgan fingerprint density at radius 2 is 1.91 bits per heavy atom. The molecule has 5 heterocycles. The van der Waals surface area contributed by atoms with Crippen LogP contribution in [0, 0.1) is 13.8 Å². The van der Waals surface area contributed by atoms with E-state index in [1.54, 1.807) is 23.7 Å². The molecule has 1 saturated heterocycles. The maximum atomic E-state index is 13.8. The largest absolute Gasteiger partial charge is 0.352 e. The molecule has 0 aromatic carbocycles. The molecule has 9 heteroatoms. The lowest BCUT2D eigenvalue weighted by molar-refractivity contribution is 0.0748. The van der Waals surface area contributed by atoms with Gasteiger partial charge in [-0.3, -0.25) is 4.79 Å². The number of hydrogen-bond donors (Lipinski definition) is 0. The van der Waals surface area contributed by atoms with Gasteiger partial charge in [0.25, 0.3) is 5.91 Å². The number of amides is 1. The summed E-state index contributed by atoms with van der Waals surface area (Å²) in [4.78, 5) is 29.6. The molecule has 7 nitrogen and oxygen atoms in total. The number of aromatic nitrogens is 4.